The highest BCUT2D eigenvalue weighted by Gasteiger charge is 2.24. The van der Waals surface area contributed by atoms with E-state index in [0.717, 1.165) is 24.8 Å². The first-order valence-corrected chi connectivity index (χ1v) is 8.35. The molecule has 0 bridgehead atoms. The lowest BCUT2D eigenvalue weighted by atomic mass is 9.94. The first-order valence-electron chi connectivity index (χ1n) is 8.35. The molecule has 0 unspecified atom stereocenters. The van der Waals surface area contributed by atoms with Crippen LogP contribution >= 0.6 is 0 Å². The van der Waals surface area contributed by atoms with E-state index in [4.69, 9.17) is 0 Å². The summed E-state index contributed by atoms with van der Waals surface area (Å²) in [6.07, 6.45) is 2.92. The van der Waals surface area contributed by atoms with Crippen molar-refractivity contribution in [2.24, 2.45) is 0 Å². The fourth-order valence-corrected chi connectivity index (χ4v) is 3.24. The molecule has 3 rings (SSSR count). The van der Waals surface area contributed by atoms with Crippen LogP contribution in [0.5, 0.6) is 0 Å². The number of hydrogen-bond acceptors (Lipinski definition) is 1. The second kappa shape index (κ2) is 7.12. The maximum absolute atomic E-state index is 13.8. The fraction of sp³-hybridized carbons (Fsp3) is 0.350. The minimum Gasteiger partial charge on any atom is -0.338 e. The lowest BCUT2D eigenvalue weighted by Gasteiger charge is -2.25. The Bertz CT molecular complexity index is 727. The van der Waals surface area contributed by atoms with E-state index < -0.39 is 0 Å². The Hall–Kier alpha value is -2.23. The van der Waals surface area contributed by atoms with Crippen LogP contribution in [0.1, 0.15) is 46.7 Å². The van der Waals surface area contributed by atoms with E-state index in [1.165, 1.54) is 18.2 Å². The molecule has 2 nitrogen and oxygen atoms in total. The Morgan fingerprint density at radius 2 is 1.83 bits per heavy atom. The summed E-state index contributed by atoms with van der Waals surface area (Å²) in [6, 6.07) is 11.1. The summed E-state index contributed by atoms with van der Waals surface area (Å²) in [7, 11) is 0. The van der Waals surface area contributed by atoms with Crippen molar-refractivity contribution in [1.82, 2.24) is 4.90 Å². The molecule has 0 N–H and O–H groups in total. The smallest absolute Gasteiger partial charge is 0.253 e. The first kappa shape index (κ1) is 16.6. The van der Waals surface area contributed by atoms with Gasteiger partial charge in [0.1, 0.15) is 11.6 Å². The molecular weight excluding hydrogens is 308 g/mol. The molecule has 0 saturated carbocycles. The second-order valence-corrected chi connectivity index (χ2v) is 6.46. The topological polar surface area (TPSA) is 20.3 Å². The third kappa shape index (κ3) is 3.64. The van der Waals surface area contributed by atoms with Gasteiger partial charge in [0.15, 0.2) is 0 Å². The molecule has 1 fully saturated rings. The maximum Gasteiger partial charge on any atom is 0.253 e. The van der Waals surface area contributed by atoms with Gasteiger partial charge in [0, 0.05) is 24.6 Å². The number of carbonyl (C=O) groups excluding carboxylic acids is 1. The highest BCUT2D eigenvalue weighted by Crippen LogP contribution is 2.27. The van der Waals surface area contributed by atoms with E-state index in [0.29, 0.717) is 24.2 Å². The lowest BCUT2D eigenvalue weighted by Crippen LogP contribution is -2.34. The zero-order valence-electron chi connectivity index (χ0n) is 13.8. The second-order valence-electron chi connectivity index (χ2n) is 6.46. The molecule has 126 valence electrons. The summed E-state index contributed by atoms with van der Waals surface area (Å²) in [4.78, 5) is 14.5. The van der Waals surface area contributed by atoms with Crippen molar-refractivity contribution in [3.63, 3.8) is 0 Å². The fourth-order valence-electron chi connectivity index (χ4n) is 3.24. The van der Waals surface area contributed by atoms with Crippen molar-refractivity contribution >= 4 is 5.91 Å². The SMILES string of the molecule is Cc1ccc(C(=O)N2CCCC[C@@H](c3ccc(F)cc3)C2)cc1F. The van der Waals surface area contributed by atoms with Crippen molar-refractivity contribution < 1.29 is 13.6 Å². The summed E-state index contributed by atoms with van der Waals surface area (Å²) in [6.45, 7) is 2.94. The van der Waals surface area contributed by atoms with E-state index in [1.807, 2.05) is 0 Å². The van der Waals surface area contributed by atoms with Crippen LogP contribution in [0.15, 0.2) is 42.5 Å². The zero-order chi connectivity index (χ0) is 17.1. The lowest BCUT2D eigenvalue weighted by molar-refractivity contribution is 0.0754. The molecule has 1 heterocycles. The molecule has 2 aromatic rings. The third-order valence-corrected chi connectivity index (χ3v) is 4.72. The van der Waals surface area contributed by atoms with Gasteiger partial charge in [-0.2, -0.15) is 0 Å². The van der Waals surface area contributed by atoms with Crippen LogP contribution in [-0.2, 0) is 0 Å². The molecular formula is C20H21F2NO. The van der Waals surface area contributed by atoms with Crippen LogP contribution in [0.3, 0.4) is 0 Å². The molecule has 0 aromatic heterocycles. The summed E-state index contributed by atoms with van der Waals surface area (Å²) in [5.74, 6) is -0.559. The van der Waals surface area contributed by atoms with Crippen molar-refractivity contribution in [3.05, 3.63) is 70.8 Å². The first-order chi connectivity index (χ1) is 11.5. The Balaban J connectivity index is 1.80. The minimum absolute atomic E-state index is 0.136. The standard InChI is InChI=1S/C20H21F2NO/c1-14-5-6-16(12-19(14)22)20(24)23-11-3-2-4-17(13-23)15-7-9-18(21)10-8-15/h5-10,12,17H,2-4,11,13H2,1H3/t17-/m1/s1. The molecule has 1 saturated heterocycles. The molecule has 1 aliphatic rings. The number of hydrogen-bond donors (Lipinski definition) is 0. The van der Waals surface area contributed by atoms with Gasteiger partial charge in [-0.1, -0.05) is 24.6 Å². The maximum atomic E-state index is 13.8. The van der Waals surface area contributed by atoms with Crippen LogP contribution in [-0.4, -0.2) is 23.9 Å². The molecule has 0 aliphatic carbocycles. The number of amides is 1. The van der Waals surface area contributed by atoms with Crippen LogP contribution < -0.4 is 0 Å². The van der Waals surface area contributed by atoms with Gasteiger partial charge in [-0.15, -0.1) is 0 Å². The number of likely N-dealkylation sites (tertiary alicyclic amines) is 1. The van der Waals surface area contributed by atoms with Crippen LogP contribution in [0, 0.1) is 18.6 Å². The molecule has 4 heteroatoms. The van der Waals surface area contributed by atoms with Crippen molar-refractivity contribution in [3.8, 4) is 0 Å². The average Bonchev–Trinajstić information content (AvgIpc) is 2.83. The normalized spacial score (nSPS) is 18.3. The number of carbonyl (C=O) groups is 1. The molecule has 24 heavy (non-hydrogen) atoms. The molecule has 2 aromatic carbocycles. The Morgan fingerprint density at radius 3 is 2.54 bits per heavy atom. The monoisotopic (exact) mass is 329 g/mol. The van der Waals surface area contributed by atoms with Gasteiger partial charge in [-0.3, -0.25) is 4.79 Å². The molecule has 0 radical (unpaired) electrons. The Kier molecular flexibility index (Phi) is 4.93. The predicted octanol–water partition coefficient (Wildman–Crippen LogP) is 4.68. The number of rotatable bonds is 2. The van der Waals surface area contributed by atoms with Crippen molar-refractivity contribution in [2.45, 2.75) is 32.1 Å². The Morgan fingerprint density at radius 1 is 1.08 bits per heavy atom. The molecule has 1 aliphatic heterocycles. The summed E-state index contributed by atoms with van der Waals surface area (Å²) in [5.41, 5.74) is 1.97. The van der Waals surface area contributed by atoms with E-state index in [2.05, 4.69) is 0 Å². The third-order valence-electron chi connectivity index (χ3n) is 4.72. The van der Waals surface area contributed by atoms with Crippen molar-refractivity contribution in [2.75, 3.05) is 13.1 Å². The summed E-state index contributed by atoms with van der Waals surface area (Å²) >= 11 is 0. The summed E-state index contributed by atoms with van der Waals surface area (Å²) < 4.78 is 26.9. The molecule has 0 spiro atoms. The van der Waals surface area contributed by atoms with Crippen molar-refractivity contribution in [1.29, 1.82) is 0 Å². The van der Waals surface area contributed by atoms with Gasteiger partial charge < -0.3 is 4.90 Å². The van der Waals surface area contributed by atoms with E-state index in [-0.39, 0.29) is 23.5 Å². The van der Waals surface area contributed by atoms with Crippen LogP contribution in [0.4, 0.5) is 8.78 Å². The van der Waals surface area contributed by atoms with Gasteiger partial charge in [-0.25, -0.2) is 8.78 Å². The minimum atomic E-state index is -0.356. The zero-order valence-corrected chi connectivity index (χ0v) is 13.8. The summed E-state index contributed by atoms with van der Waals surface area (Å²) in [5, 5.41) is 0. The van der Waals surface area contributed by atoms with Gasteiger partial charge in [0.25, 0.3) is 5.91 Å². The van der Waals surface area contributed by atoms with Gasteiger partial charge in [0.2, 0.25) is 0 Å². The van der Waals surface area contributed by atoms with E-state index >= 15 is 0 Å². The number of halogens is 2. The largest absolute Gasteiger partial charge is 0.338 e. The molecule has 1 atom stereocenters. The van der Waals surface area contributed by atoms with E-state index in [9.17, 15) is 13.6 Å². The quantitative estimate of drug-likeness (QED) is 0.783. The number of benzene rings is 2. The van der Waals surface area contributed by atoms with Gasteiger partial charge in [-0.05, 0) is 55.2 Å². The van der Waals surface area contributed by atoms with Gasteiger partial charge in [0.05, 0.1) is 0 Å². The van der Waals surface area contributed by atoms with Crippen LogP contribution in [0.25, 0.3) is 0 Å². The van der Waals surface area contributed by atoms with Crippen LogP contribution in [0.2, 0.25) is 0 Å². The highest BCUT2D eigenvalue weighted by molar-refractivity contribution is 5.94. The Labute approximate surface area is 141 Å². The highest BCUT2D eigenvalue weighted by atomic mass is 19.1. The number of nitrogens with zero attached hydrogens (tertiary/aromatic N) is 1. The van der Waals surface area contributed by atoms with Gasteiger partial charge >= 0.3 is 0 Å². The van der Waals surface area contributed by atoms with E-state index in [1.54, 1.807) is 36.1 Å². The number of aryl methyl sites for hydroxylation is 1. The predicted molar refractivity (Wildman–Crippen MR) is 90.0 cm³/mol. The molecule has 1 amide bonds. The average molecular weight is 329 g/mol.